The summed E-state index contributed by atoms with van der Waals surface area (Å²) in [6, 6.07) is 8.03. The zero-order chi connectivity index (χ0) is 21.8. The summed E-state index contributed by atoms with van der Waals surface area (Å²) in [5, 5.41) is 13.9. The second kappa shape index (κ2) is 8.92. The zero-order valence-electron chi connectivity index (χ0n) is 17.1. The van der Waals surface area contributed by atoms with Crippen LogP contribution in [0.5, 0.6) is 0 Å². The molecule has 4 heterocycles. The van der Waals surface area contributed by atoms with Crippen LogP contribution in [0.2, 0.25) is 0 Å². The van der Waals surface area contributed by atoms with E-state index in [1.54, 1.807) is 31.5 Å². The third-order valence-electron chi connectivity index (χ3n) is 4.78. The van der Waals surface area contributed by atoms with Crippen molar-refractivity contribution < 1.29 is 9.13 Å². The lowest BCUT2D eigenvalue weighted by molar-refractivity contribution is 0.211. The van der Waals surface area contributed by atoms with E-state index < -0.39 is 5.82 Å². The van der Waals surface area contributed by atoms with E-state index in [0.29, 0.717) is 47.0 Å². The smallest absolute Gasteiger partial charge is 0.257 e. The molecule has 0 bridgehead atoms. The van der Waals surface area contributed by atoms with Crippen LogP contribution >= 0.6 is 0 Å². The Balaban J connectivity index is 1.75. The largest absolute Gasteiger partial charge is 0.383 e. The van der Waals surface area contributed by atoms with E-state index in [-0.39, 0.29) is 11.6 Å². The van der Waals surface area contributed by atoms with Crippen LogP contribution in [-0.2, 0) is 4.74 Å². The highest BCUT2D eigenvalue weighted by molar-refractivity contribution is 5.98. The monoisotopic (exact) mass is 423 g/mol. The first-order chi connectivity index (χ1) is 15.1. The van der Waals surface area contributed by atoms with Crippen LogP contribution in [0, 0.1) is 5.82 Å². The first kappa shape index (κ1) is 20.5. The highest BCUT2D eigenvalue weighted by Gasteiger charge is 2.18. The molecular formula is C21H22FN7O2. The Morgan fingerprint density at radius 2 is 2.16 bits per heavy atom. The predicted molar refractivity (Wildman–Crippen MR) is 117 cm³/mol. The molecule has 0 aliphatic carbocycles. The SMILES string of the molecule is COCCNc1cc(N[C@@H](C)c2ccc(F)cn2)nc2c(-c3ccc[nH]c3=O)n[nH]c12. The summed E-state index contributed by atoms with van der Waals surface area (Å²) in [5.74, 6) is 0.164. The number of fused-ring (bicyclic) bond motifs is 1. The molecule has 4 rings (SSSR count). The van der Waals surface area contributed by atoms with Crippen molar-refractivity contribution in [3.63, 3.8) is 0 Å². The number of H-pyrrole nitrogens is 2. The summed E-state index contributed by atoms with van der Waals surface area (Å²) in [6.45, 7) is 2.99. The second-order valence-corrected chi connectivity index (χ2v) is 6.95. The van der Waals surface area contributed by atoms with Crippen LogP contribution in [-0.4, -0.2) is 45.4 Å². The minimum Gasteiger partial charge on any atom is -0.383 e. The van der Waals surface area contributed by atoms with Gasteiger partial charge >= 0.3 is 0 Å². The van der Waals surface area contributed by atoms with Gasteiger partial charge < -0.3 is 20.4 Å². The Morgan fingerprint density at radius 3 is 2.90 bits per heavy atom. The summed E-state index contributed by atoms with van der Waals surface area (Å²) in [4.78, 5) is 23.8. The Morgan fingerprint density at radius 1 is 1.29 bits per heavy atom. The fourth-order valence-corrected chi connectivity index (χ4v) is 3.23. The number of ether oxygens (including phenoxy) is 1. The number of rotatable bonds is 8. The van der Waals surface area contributed by atoms with E-state index in [9.17, 15) is 9.18 Å². The minimum atomic E-state index is -0.392. The van der Waals surface area contributed by atoms with Gasteiger partial charge in [0.15, 0.2) is 0 Å². The molecule has 0 radical (unpaired) electrons. The third kappa shape index (κ3) is 4.38. The number of hydrogen-bond donors (Lipinski definition) is 4. The first-order valence-corrected chi connectivity index (χ1v) is 9.75. The van der Waals surface area contributed by atoms with Gasteiger partial charge in [-0.3, -0.25) is 14.9 Å². The molecule has 0 saturated heterocycles. The molecule has 0 spiro atoms. The maximum atomic E-state index is 13.2. The predicted octanol–water partition coefficient (Wildman–Crippen LogP) is 3.08. The number of halogens is 1. The molecule has 0 aromatic carbocycles. The molecule has 0 aliphatic heterocycles. The van der Waals surface area contributed by atoms with Gasteiger partial charge in [-0.2, -0.15) is 5.10 Å². The molecule has 0 fully saturated rings. The van der Waals surface area contributed by atoms with Crippen molar-refractivity contribution in [2.45, 2.75) is 13.0 Å². The van der Waals surface area contributed by atoms with Crippen molar-refractivity contribution in [3.05, 3.63) is 64.6 Å². The molecule has 4 aromatic rings. The average Bonchev–Trinajstić information content (AvgIpc) is 3.18. The van der Waals surface area contributed by atoms with Crippen molar-refractivity contribution in [1.29, 1.82) is 0 Å². The van der Waals surface area contributed by atoms with Gasteiger partial charge in [0.2, 0.25) is 0 Å². The van der Waals surface area contributed by atoms with E-state index in [1.165, 1.54) is 12.3 Å². The van der Waals surface area contributed by atoms with Gasteiger partial charge in [0.1, 0.15) is 28.4 Å². The maximum Gasteiger partial charge on any atom is 0.257 e. The van der Waals surface area contributed by atoms with E-state index in [4.69, 9.17) is 9.72 Å². The topological polar surface area (TPSA) is 121 Å². The van der Waals surface area contributed by atoms with Crippen LogP contribution in [0.3, 0.4) is 0 Å². The Labute approximate surface area is 177 Å². The standard InChI is InChI=1S/C21H22FN7O2/c1-12(15-6-5-13(22)11-25-15)26-17-10-16(23-8-9-31-2)19-20(27-17)18(28-29-19)14-4-3-7-24-21(14)30/h3-7,10-12H,8-9H2,1-2H3,(H,24,30)(H,28,29)(H2,23,26,27)/t12-/m0/s1. The molecule has 0 unspecified atom stereocenters. The molecule has 4 aromatic heterocycles. The highest BCUT2D eigenvalue weighted by Crippen LogP contribution is 2.31. The summed E-state index contributed by atoms with van der Waals surface area (Å²) >= 11 is 0. The zero-order valence-corrected chi connectivity index (χ0v) is 17.1. The summed E-state index contributed by atoms with van der Waals surface area (Å²) in [5.41, 5.74) is 3.25. The van der Waals surface area contributed by atoms with Gasteiger partial charge in [0, 0.05) is 25.9 Å². The molecule has 9 nitrogen and oxygen atoms in total. The Kier molecular flexibility index (Phi) is 5.89. The number of hydrogen-bond acceptors (Lipinski definition) is 7. The highest BCUT2D eigenvalue weighted by atomic mass is 19.1. The molecule has 31 heavy (non-hydrogen) atoms. The van der Waals surface area contributed by atoms with Gasteiger partial charge in [-0.25, -0.2) is 9.37 Å². The Hall–Kier alpha value is -3.79. The van der Waals surface area contributed by atoms with E-state index in [0.717, 1.165) is 5.69 Å². The van der Waals surface area contributed by atoms with E-state index in [1.807, 2.05) is 13.0 Å². The van der Waals surface area contributed by atoms with E-state index in [2.05, 4.69) is 30.8 Å². The quantitative estimate of drug-likeness (QED) is 0.321. The van der Waals surface area contributed by atoms with Gasteiger partial charge in [0.05, 0.1) is 35.8 Å². The molecule has 0 amide bonds. The molecule has 0 aliphatic rings. The first-order valence-electron chi connectivity index (χ1n) is 9.75. The molecule has 160 valence electrons. The fourth-order valence-electron chi connectivity index (χ4n) is 3.23. The van der Waals surface area contributed by atoms with Crippen molar-refractivity contribution in [3.8, 4) is 11.3 Å². The number of pyridine rings is 3. The molecule has 4 N–H and O–H groups in total. The van der Waals surface area contributed by atoms with Crippen molar-refractivity contribution in [1.82, 2.24) is 25.1 Å². The summed E-state index contributed by atoms with van der Waals surface area (Å²) < 4.78 is 18.3. The van der Waals surface area contributed by atoms with Gasteiger partial charge in [-0.05, 0) is 31.2 Å². The minimum absolute atomic E-state index is 0.229. The number of methoxy groups -OCH3 is 1. The normalized spacial score (nSPS) is 12.1. The lowest BCUT2D eigenvalue weighted by atomic mass is 10.1. The summed E-state index contributed by atoms with van der Waals surface area (Å²) in [7, 11) is 1.63. The number of nitrogens with zero attached hydrogens (tertiary/aromatic N) is 3. The van der Waals surface area contributed by atoms with Crippen molar-refractivity contribution in [2.24, 2.45) is 0 Å². The number of nitrogens with one attached hydrogen (secondary N) is 4. The van der Waals surface area contributed by atoms with Crippen LogP contribution in [0.4, 0.5) is 15.9 Å². The van der Waals surface area contributed by atoms with Crippen LogP contribution in [0.25, 0.3) is 22.3 Å². The lowest BCUT2D eigenvalue weighted by Crippen LogP contribution is -2.12. The number of aromatic amines is 2. The molecule has 10 heteroatoms. The number of aromatic nitrogens is 5. The molecule has 0 saturated carbocycles. The van der Waals surface area contributed by atoms with Crippen LogP contribution in [0.15, 0.2) is 47.5 Å². The van der Waals surface area contributed by atoms with E-state index >= 15 is 0 Å². The van der Waals surface area contributed by atoms with Crippen molar-refractivity contribution >= 4 is 22.5 Å². The summed E-state index contributed by atoms with van der Waals surface area (Å²) in [6.07, 6.45) is 2.74. The van der Waals surface area contributed by atoms with Gasteiger partial charge in [-0.15, -0.1) is 0 Å². The van der Waals surface area contributed by atoms with Gasteiger partial charge in [-0.1, -0.05) is 0 Å². The second-order valence-electron chi connectivity index (χ2n) is 6.95. The van der Waals surface area contributed by atoms with Crippen LogP contribution in [0.1, 0.15) is 18.7 Å². The average molecular weight is 423 g/mol. The number of anilines is 2. The maximum absolute atomic E-state index is 13.2. The fraction of sp³-hybridized carbons (Fsp3) is 0.238. The van der Waals surface area contributed by atoms with Crippen molar-refractivity contribution in [2.75, 3.05) is 30.9 Å². The lowest BCUT2D eigenvalue weighted by Gasteiger charge is -2.16. The Bertz CT molecular complexity index is 1240. The van der Waals surface area contributed by atoms with Crippen LogP contribution < -0.4 is 16.2 Å². The molecule has 1 atom stereocenters. The third-order valence-corrected chi connectivity index (χ3v) is 4.78. The van der Waals surface area contributed by atoms with Gasteiger partial charge in [0.25, 0.3) is 5.56 Å². The molecular weight excluding hydrogens is 401 g/mol.